The summed E-state index contributed by atoms with van der Waals surface area (Å²) in [6, 6.07) is 7.69. The smallest absolute Gasteiger partial charge is 0.251 e. The molecule has 0 radical (unpaired) electrons. The molecule has 2 rings (SSSR count). The molecule has 0 unspecified atom stereocenters. The zero-order chi connectivity index (χ0) is 16.3. The zero-order valence-corrected chi connectivity index (χ0v) is 13.2. The summed E-state index contributed by atoms with van der Waals surface area (Å²) in [5.41, 5.74) is 0.966. The van der Waals surface area contributed by atoms with Crippen molar-refractivity contribution < 1.29 is 17.6 Å². The van der Waals surface area contributed by atoms with Crippen molar-refractivity contribution in [3.8, 4) is 0 Å². The number of primary sulfonamides is 1. The Morgan fingerprint density at radius 2 is 2.09 bits per heavy atom. The number of carbonyl (C=O) groups excluding carboxylic acids is 1. The van der Waals surface area contributed by atoms with Gasteiger partial charge in [-0.3, -0.25) is 4.79 Å². The second-order valence-electron chi connectivity index (χ2n) is 5.18. The summed E-state index contributed by atoms with van der Waals surface area (Å²) in [6.07, 6.45) is 2.12. The van der Waals surface area contributed by atoms with E-state index in [9.17, 15) is 13.2 Å². The molecular formula is C15H18N2O4S. The Bertz CT molecular complexity index is 767. The molecule has 0 saturated heterocycles. The van der Waals surface area contributed by atoms with Gasteiger partial charge in [0.25, 0.3) is 5.91 Å². The maximum absolute atomic E-state index is 12.3. The van der Waals surface area contributed by atoms with Crippen LogP contribution in [0.3, 0.4) is 0 Å². The predicted molar refractivity (Wildman–Crippen MR) is 81.9 cm³/mol. The highest BCUT2D eigenvalue weighted by molar-refractivity contribution is 7.89. The minimum Gasteiger partial charge on any atom is -0.469 e. The molecule has 0 fully saturated rings. The van der Waals surface area contributed by atoms with Crippen LogP contribution in [0.4, 0.5) is 0 Å². The SMILES string of the molecule is Cc1ccc(S(N)(=O)=O)cc1C(=O)N[C@@H](C)Cc1ccco1. The molecule has 0 spiro atoms. The van der Waals surface area contributed by atoms with Gasteiger partial charge in [-0.05, 0) is 43.7 Å². The number of nitrogens with one attached hydrogen (secondary N) is 1. The molecule has 3 N–H and O–H groups in total. The Morgan fingerprint density at radius 3 is 2.68 bits per heavy atom. The number of nitrogens with two attached hydrogens (primary N) is 1. The van der Waals surface area contributed by atoms with E-state index in [2.05, 4.69) is 5.32 Å². The van der Waals surface area contributed by atoms with E-state index in [1.807, 2.05) is 13.0 Å². The van der Waals surface area contributed by atoms with Crippen LogP contribution in [-0.2, 0) is 16.4 Å². The van der Waals surface area contributed by atoms with Crippen LogP contribution in [0.25, 0.3) is 0 Å². The topological polar surface area (TPSA) is 102 Å². The van der Waals surface area contributed by atoms with Crippen molar-refractivity contribution in [2.24, 2.45) is 5.14 Å². The molecule has 22 heavy (non-hydrogen) atoms. The van der Waals surface area contributed by atoms with Crippen LogP contribution < -0.4 is 10.5 Å². The minimum absolute atomic E-state index is 0.0815. The van der Waals surface area contributed by atoms with E-state index in [-0.39, 0.29) is 22.4 Å². The summed E-state index contributed by atoms with van der Waals surface area (Å²) < 4.78 is 28.0. The number of carbonyl (C=O) groups is 1. The number of aryl methyl sites for hydroxylation is 1. The number of hydrogen-bond acceptors (Lipinski definition) is 4. The van der Waals surface area contributed by atoms with Crippen molar-refractivity contribution >= 4 is 15.9 Å². The van der Waals surface area contributed by atoms with Gasteiger partial charge in [-0.2, -0.15) is 0 Å². The second-order valence-corrected chi connectivity index (χ2v) is 6.74. The van der Waals surface area contributed by atoms with Crippen LogP contribution in [0, 0.1) is 6.92 Å². The average molecular weight is 322 g/mol. The first-order valence-electron chi connectivity index (χ1n) is 6.74. The molecular weight excluding hydrogens is 304 g/mol. The van der Waals surface area contributed by atoms with Crippen LogP contribution in [0.15, 0.2) is 45.9 Å². The Kier molecular flexibility index (Phi) is 4.68. The normalized spacial score (nSPS) is 12.9. The van der Waals surface area contributed by atoms with Crippen LogP contribution >= 0.6 is 0 Å². The number of rotatable bonds is 5. The van der Waals surface area contributed by atoms with E-state index in [1.54, 1.807) is 25.3 Å². The molecule has 0 saturated carbocycles. The fourth-order valence-electron chi connectivity index (χ4n) is 2.11. The van der Waals surface area contributed by atoms with Crippen LogP contribution in [0.2, 0.25) is 0 Å². The number of amides is 1. The molecule has 1 aromatic heterocycles. The molecule has 2 aromatic rings. The Labute approximate surface area is 129 Å². The van der Waals surface area contributed by atoms with Crippen molar-refractivity contribution in [3.05, 3.63) is 53.5 Å². The van der Waals surface area contributed by atoms with E-state index < -0.39 is 10.0 Å². The van der Waals surface area contributed by atoms with Crippen molar-refractivity contribution in [1.82, 2.24) is 5.32 Å². The molecule has 0 aliphatic heterocycles. The quantitative estimate of drug-likeness (QED) is 0.872. The molecule has 0 bridgehead atoms. The third-order valence-corrected chi connectivity index (χ3v) is 4.16. The monoisotopic (exact) mass is 322 g/mol. The Hall–Kier alpha value is -2.12. The highest BCUT2D eigenvalue weighted by Gasteiger charge is 2.17. The maximum Gasteiger partial charge on any atom is 0.251 e. The Morgan fingerprint density at radius 1 is 1.36 bits per heavy atom. The summed E-state index contributed by atoms with van der Waals surface area (Å²) in [6.45, 7) is 3.58. The van der Waals surface area contributed by atoms with E-state index in [0.717, 1.165) is 5.76 Å². The molecule has 1 aromatic carbocycles. The molecule has 1 amide bonds. The summed E-state index contributed by atoms with van der Waals surface area (Å²) >= 11 is 0. The van der Waals surface area contributed by atoms with Gasteiger partial charge < -0.3 is 9.73 Å². The van der Waals surface area contributed by atoms with Gasteiger partial charge in [-0.25, -0.2) is 13.6 Å². The lowest BCUT2D eigenvalue weighted by Gasteiger charge is -2.14. The lowest BCUT2D eigenvalue weighted by Crippen LogP contribution is -2.34. The zero-order valence-electron chi connectivity index (χ0n) is 12.4. The number of sulfonamides is 1. The van der Waals surface area contributed by atoms with Gasteiger partial charge in [0.2, 0.25) is 10.0 Å². The van der Waals surface area contributed by atoms with Crippen LogP contribution in [-0.4, -0.2) is 20.4 Å². The van der Waals surface area contributed by atoms with Crippen molar-refractivity contribution in [2.75, 3.05) is 0 Å². The number of furan rings is 1. The van der Waals surface area contributed by atoms with Gasteiger partial charge in [0.1, 0.15) is 5.76 Å². The third-order valence-electron chi connectivity index (χ3n) is 3.25. The van der Waals surface area contributed by atoms with Crippen molar-refractivity contribution in [2.45, 2.75) is 31.2 Å². The highest BCUT2D eigenvalue weighted by atomic mass is 32.2. The van der Waals surface area contributed by atoms with Crippen molar-refractivity contribution in [1.29, 1.82) is 0 Å². The molecule has 118 valence electrons. The van der Waals surface area contributed by atoms with Crippen LogP contribution in [0.1, 0.15) is 28.6 Å². The summed E-state index contributed by atoms with van der Waals surface area (Å²) in [4.78, 5) is 12.2. The number of hydrogen-bond donors (Lipinski definition) is 2. The molecule has 0 aliphatic rings. The van der Waals surface area contributed by atoms with Gasteiger partial charge >= 0.3 is 0 Å². The second kappa shape index (κ2) is 6.33. The number of benzene rings is 1. The lowest BCUT2D eigenvalue weighted by molar-refractivity contribution is 0.0938. The summed E-state index contributed by atoms with van der Waals surface area (Å²) in [5, 5.41) is 7.91. The van der Waals surface area contributed by atoms with Gasteiger partial charge in [-0.15, -0.1) is 0 Å². The molecule has 0 aliphatic carbocycles. The highest BCUT2D eigenvalue weighted by Crippen LogP contribution is 2.15. The standard InChI is InChI=1S/C15H18N2O4S/c1-10-5-6-13(22(16,19)20)9-14(10)15(18)17-11(2)8-12-4-3-7-21-12/h3-7,9,11H,8H2,1-2H3,(H,17,18)(H2,16,19,20)/t11-/m0/s1. The van der Waals surface area contributed by atoms with Gasteiger partial charge in [0.05, 0.1) is 11.2 Å². The fourth-order valence-corrected chi connectivity index (χ4v) is 2.65. The van der Waals surface area contributed by atoms with E-state index in [1.165, 1.54) is 12.1 Å². The first-order chi connectivity index (χ1) is 10.3. The fraction of sp³-hybridized carbons (Fsp3) is 0.267. The van der Waals surface area contributed by atoms with Crippen LogP contribution in [0.5, 0.6) is 0 Å². The average Bonchev–Trinajstić information content (AvgIpc) is 2.90. The predicted octanol–water partition coefficient (Wildman–Crippen LogP) is 1.60. The van der Waals surface area contributed by atoms with E-state index >= 15 is 0 Å². The van der Waals surface area contributed by atoms with Gasteiger partial charge in [-0.1, -0.05) is 6.07 Å². The third kappa shape index (κ3) is 3.96. The minimum atomic E-state index is -3.84. The largest absolute Gasteiger partial charge is 0.469 e. The first kappa shape index (κ1) is 16.3. The van der Waals surface area contributed by atoms with Crippen molar-refractivity contribution in [3.63, 3.8) is 0 Å². The molecule has 6 nitrogen and oxygen atoms in total. The summed E-state index contributed by atoms with van der Waals surface area (Å²) in [7, 11) is -3.84. The Balaban J connectivity index is 2.15. The van der Waals surface area contributed by atoms with Gasteiger partial charge in [0.15, 0.2) is 0 Å². The van der Waals surface area contributed by atoms with E-state index in [4.69, 9.17) is 9.56 Å². The maximum atomic E-state index is 12.3. The van der Waals surface area contributed by atoms with Gasteiger partial charge in [0, 0.05) is 18.0 Å². The lowest BCUT2D eigenvalue weighted by atomic mass is 10.1. The molecule has 1 atom stereocenters. The molecule has 7 heteroatoms. The van der Waals surface area contributed by atoms with E-state index in [0.29, 0.717) is 12.0 Å². The first-order valence-corrected chi connectivity index (χ1v) is 8.28. The molecule has 1 heterocycles. The summed E-state index contributed by atoms with van der Waals surface area (Å²) in [5.74, 6) is 0.421.